The van der Waals surface area contributed by atoms with Crippen LogP contribution in [0.5, 0.6) is 0 Å². The number of hydrogen-bond donors (Lipinski definition) is 0. The van der Waals surface area contributed by atoms with Crippen molar-refractivity contribution in [1.29, 1.82) is 0 Å². The first-order valence-corrected chi connectivity index (χ1v) is 10.9. The predicted molar refractivity (Wildman–Crippen MR) is 86.2 cm³/mol. The summed E-state index contributed by atoms with van der Waals surface area (Å²) < 4.78 is 0.159. The fourth-order valence-electron chi connectivity index (χ4n) is 2.66. The van der Waals surface area contributed by atoms with Crippen LogP contribution in [-0.2, 0) is 0 Å². The van der Waals surface area contributed by atoms with Crippen molar-refractivity contribution in [3.8, 4) is 0 Å². The second-order valence-corrected chi connectivity index (χ2v) is 14.7. The van der Waals surface area contributed by atoms with Crippen LogP contribution in [0, 0.1) is 11.3 Å². The highest BCUT2D eigenvalue weighted by Gasteiger charge is 2.69. The van der Waals surface area contributed by atoms with E-state index in [1.54, 1.807) is 5.19 Å². The molecule has 1 aliphatic rings. The Labute approximate surface area is 122 Å². The van der Waals surface area contributed by atoms with Crippen molar-refractivity contribution in [3.63, 3.8) is 0 Å². The highest BCUT2D eigenvalue weighted by Crippen LogP contribution is 2.73. The lowest BCUT2D eigenvalue weighted by atomic mass is 10.1. The minimum Gasteiger partial charge on any atom is -0.0718 e. The molecule has 17 heavy (non-hydrogen) atoms. The van der Waals surface area contributed by atoms with Crippen molar-refractivity contribution >= 4 is 45.1 Å². The van der Waals surface area contributed by atoms with Crippen molar-refractivity contribution in [2.45, 2.75) is 36.2 Å². The van der Waals surface area contributed by atoms with Crippen molar-refractivity contribution < 1.29 is 0 Å². The smallest absolute Gasteiger partial charge is 0.0718 e. The van der Waals surface area contributed by atoms with Gasteiger partial charge >= 0.3 is 0 Å². The average molecular weight is 376 g/mol. The van der Waals surface area contributed by atoms with Crippen molar-refractivity contribution in [3.05, 3.63) is 30.3 Å². The van der Waals surface area contributed by atoms with Gasteiger partial charge in [-0.15, -0.1) is 0 Å². The van der Waals surface area contributed by atoms with Gasteiger partial charge in [0, 0.05) is 0 Å². The van der Waals surface area contributed by atoms with E-state index in [1.807, 2.05) is 0 Å². The molecule has 0 amide bonds. The lowest BCUT2D eigenvalue weighted by molar-refractivity contribution is 0.582. The Morgan fingerprint density at radius 2 is 1.59 bits per heavy atom. The van der Waals surface area contributed by atoms with E-state index in [4.69, 9.17) is 0 Å². The topological polar surface area (TPSA) is 0 Å². The van der Waals surface area contributed by atoms with E-state index in [0.29, 0.717) is 5.41 Å². The van der Waals surface area contributed by atoms with Crippen LogP contribution in [0.4, 0.5) is 0 Å². The molecule has 3 heteroatoms. The summed E-state index contributed by atoms with van der Waals surface area (Å²) in [7, 11) is -1.32. The van der Waals surface area contributed by atoms with E-state index >= 15 is 0 Å². The van der Waals surface area contributed by atoms with Gasteiger partial charge in [0.05, 0.1) is 11.3 Å². The molecule has 0 heterocycles. The Kier molecular flexibility index (Phi) is 3.42. The van der Waals surface area contributed by atoms with Gasteiger partial charge in [0.15, 0.2) is 0 Å². The van der Waals surface area contributed by atoms with Crippen molar-refractivity contribution in [2.75, 3.05) is 0 Å². The summed E-state index contributed by atoms with van der Waals surface area (Å²) in [4.78, 5) is 0. The van der Waals surface area contributed by atoms with Crippen LogP contribution in [-0.4, -0.2) is 11.3 Å². The summed E-state index contributed by atoms with van der Waals surface area (Å²) in [6.45, 7) is 9.65. The first-order chi connectivity index (χ1) is 7.69. The third kappa shape index (κ3) is 2.31. The van der Waals surface area contributed by atoms with Crippen LogP contribution in [0.25, 0.3) is 0 Å². The monoisotopic (exact) mass is 374 g/mol. The standard InChI is InChI=1S/C14H20Br2Si/c1-13(2)12(14(13,15)16)10-17(3,4)11-8-6-5-7-9-11/h5-9,12H,10H2,1-4H3. The van der Waals surface area contributed by atoms with Crippen LogP contribution in [0.15, 0.2) is 30.3 Å². The fraction of sp³-hybridized carbons (Fsp3) is 0.571. The molecule has 0 nitrogen and oxygen atoms in total. The highest BCUT2D eigenvalue weighted by molar-refractivity contribution is 9.25. The number of hydrogen-bond acceptors (Lipinski definition) is 0. The van der Waals surface area contributed by atoms with Gasteiger partial charge in [-0.2, -0.15) is 0 Å². The van der Waals surface area contributed by atoms with E-state index in [2.05, 4.69) is 89.1 Å². The third-order valence-electron chi connectivity index (χ3n) is 4.35. The molecule has 1 fully saturated rings. The molecular formula is C14H20Br2Si. The van der Waals surface area contributed by atoms with Gasteiger partial charge in [0.25, 0.3) is 0 Å². The molecule has 0 aromatic heterocycles. The molecule has 0 radical (unpaired) electrons. The highest BCUT2D eigenvalue weighted by atomic mass is 79.9. The second kappa shape index (κ2) is 4.21. The maximum absolute atomic E-state index is 3.84. The van der Waals surface area contributed by atoms with Crippen LogP contribution >= 0.6 is 31.9 Å². The lowest BCUT2D eigenvalue weighted by Crippen LogP contribution is -2.41. The predicted octanol–water partition coefficient (Wildman–Crippen LogP) is 4.74. The molecule has 94 valence electrons. The van der Waals surface area contributed by atoms with E-state index in [0.717, 1.165) is 5.92 Å². The third-order valence-corrected chi connectivity index (χ3v) is 10.8. The first-order valence-electron chi connectivity index (χ1n) is 6.13. The Morgan fingerprint density at radius 1 is 1.12 bits per heavy atom. The minimum atomic E-state index is -1.32. The molecule has 2 rings (SSSR count). The maximum atomic E-state index is 3.84. The number of benzene rings is 1. The summed E-state index contributed by atoms with van der Waals surface area (Å²) >= 11 is 7.68. The SMILES string of the molecule is CC1(C)C(C[Si](C)(C)c2ccccc2)C1(Br)Br. The maximum Gasteiger partial charge on any atom is 0.0890 e. The molecule has 1 unspecified atom stereocenters. The van der Waals surface area contributed by atoms with Crippen LogP contribution in [0.2, 0.25) is 19.1 Å². The molecule has 0 aliphatic heterocycles. The Bertz CT molecular complexity index is 395. The van der Waals surface area contributed by atoms with E-state index in [9.17, 15) is 0 Å². The molecule has 1 aromatic rings. The van der Waals surface area contributed by atoms with Crippen LogP contribution in [0.1, 0.15) is 13.8 Å². The normalized spacial score (nSPS) is 25.6. The molecule has 0 saturated heterocycles. The fourth-order valence-corrected chi connectivity index (χ4v) is 8.22. The Morgan fingerprint density at radius 3 is 2.00 bits per heavy atom. The van der Waals surface area contributed by atoms with Crippen molar-refractivity contribution in [2.24, 2.45) is 11.3 Å². The van der Waals surface area contributed by atoms with Gasteiger partial charge in [-0.1, -0.05) is 94.3 Å². The summed E-state index contributed by atoms with van der Waals surface area (Å²) in [5.41, 5.74) is 0.367. The molecule has 1 aromatic carbocycles. The van der Waals surface area contributed by atoms with E-state index in [1.165, 1.54) is 6.04 Å². The molecular weight excluding hydrogens is 356 g/mol. The summed E-state index contributed by atoms with van der Waals surface area (Å²) in [6.07, 6.45) is 0. The average Bonchev–Trinajstić information content (AvgIpc) is 2.62. The molecule has 0 N–H and O–H groups in total. The zero-order valence-corrected chi connectivity index (χ0v) is 15.1. The largest absolute Gasteiger partial charge is 0.0890 e. The Balaban J connectivity index is 2.15. The number of alkyl halides is 2. The molecule has 1 aliphatic carbocycles. The lowest BCUT2D eigenvalue weighted by Gasteiger charge is -2.23. The van der Waals surface area contributed by atoms with Gasteiger partial charge < -0.3 is 0 Å². The van der Waals surface area contributed by atoms with Crippen LogP contribution < -0.4 is 5.19 Å². The van der Waals surface area contributed by atoms with Crippen LogP contribution in [0.3, 0.4) is 0 Å². The first kappa shape index (κ1) is 13.8. The van der Waals surface area contributed by atoms with E-state index in [-0.39, 0.29) is 3.23 Å². The number of halogens is 2. The van der Waals surface area contributed by atoms with Gasteiger partial charge in [-0.3, -0.25) is 0 Å². The second-order valence-electron chi connectivity index (χ2n) is 6.35. The quantitative estimate of drug-likeness (QED) is 0.528. The van der Waals surface area contributed by atoms with E-state index < -0.39 is 8.07 Å². The summed E-state index contributed by atoms with van der Waals surface area (Å²) in [5.74, 6) is 0.733. The minimum absolute atomic E-state index is 0.159. The number of rotatable bonds is 3. The Hall–Kier alpha value is 0.397. The zero-order valence-electron chi connectivity index (χ0n) is 10.9. The molecule has 1 saturated carbocycles. The molecule has 0 bridgehead atoms. The van der Waals surface area contributed by atoms with Crippen molar-refractivity contribution in [1.82, 2.24) is 0 Å². The van der Waals surface area contributed by atoms with Gasteiger partial charge in [-0.25, -0.2) is 0 Å². The molecule has 0 spiro atoms. The zero-order chi connectivity index (χ0) is 12.9. The molecule has 1 atom stereocenters. The summed E-state index contributed by atoms with van der Waals surface area (Å²) in [5, 5.41) is 1.57. The van der Waals surface area contributed by atoms with Gasteiger partial charge in [0.1, 0.15) is 0 Å². The van der Waals surface area contributed by atoms with Gasteiger partial charge in [0.2, 0.25) is 0 Å². The van der Waals surface area contributed by atoms with Gasteiger partial charge in [-0.05, 0) is 17.4 Å². The summed E-state index contributed by atoms with van der Waals surface area (Å²) in [6, 6.07) is 12.4.